The lowest BCUT2D eigenvalue weighted by Gasteiger charge is -2.22. The minimum absolute atomic E-state index is 0.115. The van der Waals surface area contributed by atoms with Gasteiger partial charge in [0.25, 0.3) is 0 Å². The highest BCUT2D eigenvalue weighted by atomic mass is 32.2. The molecule has 1 unspecified atom stereocenters. The Morgan fingerprint density at radius 2 is 1.67 bits per heavy atom. The number of hydrogen-bond acceptors (Lipinski definition) is 5. The molecule has 27 heavy (non-hydrogen) atoms. The van der Waals surface area contributed by atoms with Gasteiger partial charge in [0.1, 0.15) is 0 Å². The van der Waals surface area contributed by atoms with Crippen LogP contribution in [0.15, 0.2) is 36.0 Å². The standard InChI is InChI=1S/C21H25N3OS2/c1-14-9-16(21(3,4)5)10-15(2)18(14)13-27(25)12-17-11-26-20(24-17)19-22-7-6-8-23-19/h6-11H,12-13H2,1-5H3. The zero-order chi connectivity index (χ0) is 19.6. The normalized spacial score (nSPS) is 12.9. The molecule has 0 aliphatic carbocycles. The first-order valence-corrected chi connectivity index (χ1v) is 11.3. The number of aromatic nitrogens is 3. The van der Waals surface area contributed by atoms with E-state index in [1.54, 1.807) is 18.5 Å². The van der Waals surface area contributed by atoms with Gasteiger partial charge in [0.05, 0.1) is 11.4 Å². The number of rotatable bonds is 5. The first-order valence-electron chi connectivity index (χ1n) is 8.91. The summed E-state index contributed by atoms with van der Waals surface area (Å²) in [5, 5.41) is 2.72. The molecule has 0 aliphatic heterocycles. The van der Waals surface area contributed by atoms with Gasteiger partial charge in [0, 0.05) is 34.3 Å². The zero-order valence-corrected chi connectivity index (χ0v) is 18.1. The topological polar surface area (TPSA) is 55.7 Å². The van der Waals surface area contributed by atoms with Gasteiger partial charge in [-0.25, -0.2) is 15.0 Å². The molecule has 0 amide bonds. The van der Waals surface area contributed by atoms with Gasteiger partial charge in [0.2, 0.25) is 0 Å². The van der Waals surface area contributed by atoms with Gasteiger partial charge in [-0.3, -0.25) is 4.21 Å². The average Bonchev–Trinajstić information content (AvgIpc) is 3.06. The molecular weight excluding hydrogens is 374 g/mol. The Morgan fingerprint density at radius 1 is 1.04 bits per heavy atom. The summed E-state index contributed by atoms with van der Waals surface area (Å²) in [7, 11) is -1.01. The molecule has 3 aromatic rings. The molecule has 142 valence electrons. The summed E-state index contributed by atoms with van der Waals surface area (Å²) in [6.07, 6.45) is 3.41. The van der Waals surface area contributed by atoms with Crippen molar-refractivity contribution in [3.05, 3.63) is 63.9 Å². The number of aryl methyl sites for hydroxylation is 2. The van der Waals surface area contributed by atoms with E-state index in [0.29, 0.717) is 17.3 Å². The van der Waals surface area contributed by atoms with Crippen LogP contribution in [0, 0.1) is 13.8 Å². The minimum atomic E-state index is -1.01. The van der Waals surface area contributed by atoms with Crippen molar-refractivity contribution >= 4 is 22.1 Å². The second-order valence-electron chi connectivity index (χ2n) is 7.78. The largest absolute Gasteiger partial charge is 0.259 e. The molecule has 0 bridgehead atoms. The van der Waals surface area contributed by atoms with Crippen molar-refractivity contribution < 1.29 is 4.21 Å². The summed E-state index contributed by atoms with van der Waals surface area (Å²) < 4.78 is 12.8. The number of thiazole rings is 1. The molecule has 1 aromatic carbocycles. The van der Waals surface area contributed by atoms with E-state index < -0.39 is 10.8 Å². The van der Waals surface area contributed by atoms with Crippen molar-refractivity contribution in [1.29, 1.82) is 0 Å². The van der Waals surface area contributed by atoms with Crippen LogP contribution >= 0.6 is 11.3 Å². The van der Waals surface area contributed by atoms with E-state index in [2.05, 4.69) is 61.7 Å². The van der Waals surface area contributed by atoms with Gasteiger partial charge in [-0.05, 0) is 47.6 Å². The van der Waals surface area contributed by atoms with E-state index in [0.717, 1.165) is 10.7 Å². The van der Waals surface area contributed by atoms with E-state index in [1.807, 2.05) is 5.38 Å². The van der Waals surface area contributed by atoms with Crippen LogP contribution in [-0.2, 0) is 27.7 Å². The predicted octanol–water partition coefficient (Wildman–Crippen LogP) is 4.96. The predicted molar refractivity (Wildman–Crippen MR) is 113 cm³/mol. The third-order valence-corrected chi connectivity index (χ3v) is 6.60. The van der Waals surface area contributed by atoms with Gasteiger partial charge in [-0.15, -0.1) is 11.3 Å². The summed E-state index contributed by atoms with van der Waals surface area (Å²) in [5.74, 6) is 1.61. The van der Waals surface area contributed by atoms with Crippen molar-refractivity contribution in [2.24, 2.45) is 0 Å². The molecule has 0 saturated carbocycles. The van der Waals surface area contributed by atoms with E-state index in [9.17, 15) is 4.21 Å². The van der Waals surface area contributed by atoms with E-state index in [4.69, 9.17) is 0 Å². The Morgan fingerprint density at radius 3 is 2.26 bits per heavy atom. The van der Waals surface area contributed by atoms with Crippen LogP contribution in [-0.4, -0.2) is 19.2 Å². The summed E-state index contributed by atoms with van der Waals surface area (Å²) >= 11 is 1.49. The minimum Gasteiger partial charge on any atom is -0.259 e. The molecule has 0 spiro atoms. The van der Waals surface area contributed by atoms with Crippen LogP contribution in [0.25, 0.3) is 10.8 Å². The van der Waals surface area contributed by atoms with Crippen LogP contribution in [0.4, 0.5) is 0 Å². The van der Waals surface area contributed by atoms with Crippen molar-refractivity contribution in [1.82, 2.24) is 15.0 Å². The Hall–Kier alpha value is -1.92. The van der Waals surface area contributed by atoms with Gasteiger partial charge in [-0.2, -0.15) is 0 Å². The Bertz CT molecular complexity index is 936. The second-order valence-corrected chi connectivity index (χ2v) is 10.1. The lowest BCUT2D eigenvalue weighted by atomic mass is 9.84. The monoisotopic (exact) mass is 399 g/mol. The Balaban J connectivity index is 1.73. The molecule has 0 N–H and O–H groups in total. The summed E-state index contributed by atoms with van der Waals surface area (Å²) in [4.78, 5) is 13.0. The maximum atomic E-state index is 12.8. The molecule has 3 rings (SSSR count). The van der Waals surface area contributed by atoms with Crippen molar-refractivity contribution in [3.63, 3.8) is 0 Å². The van der Waals surface area contributed by atoms with Crippen molar-refractivity contribution in [3.8, 4) is 10.8 Å². The molecule has 2 aromatic heterocycles. The van der Waals surface area contributed by atoms with Gasteiger partial charge < -0.3 is 0 Å². The maximum Gasteiger partial charge on any atom is 0.188 e. The molecule has 6 heteroatoms. The SMILES string of the molecule is Cc1cc(C(C)(C)C)cc(C)c1CS(=O)Cc1csc(-c2ncccn2)n1. The Kier molecular flexibility index (Phi) is 5.86. The van der Waals surface area contributed by atoms with Crippen LogP contribution < -0.4 is 0 Å². The lowest BCUT2D eigenvalue weighted by Crippen LogP contribution is -2.13. The summed E-state index contributed by atoms with van der Waals surface area (Å²) in [6, 6.07) is 6.24. The summed E-state index contributed by atoms with van der Waals surface area (Å²) in [6.45, 7) is 10.9. The smallest absolute Gasteiger partial charge is 0.188 e. The third kappa shape index (κ3) is 4.87. The average molecular weight is 400 g/mol. The number of benzene rings is 1. The van der Waals surface area contributed by atoms with Crippen LogP contribution in [0.2, 0.25) is 0 Å². The van der Waals surface area contributed by atoms with Gasteiger partial charge in [-0.1, -0.05) is 32.9 Å². The molecule has 4 nitrogen and oxygen atoms in total. The molecule has 0 aliphatic rings. The van der Waals surface area contributed by atoms with E-state index in [1.165, 1.54) is 33.6 Å². The molecular formula is C21H25N3OS2. The first-order chi connectivity index (χ1) is 12.7. The molecule has 2 heterocycles. The highest BCUT2D eigenvalue weighted by Gasteiger charge is 2.18. The van der Waals surface area contributed by atoms with Crippen LogP contribution in [0.5, 0.6) is 0 Å². The highest BCUT2D eigenvalue weighted by Crippen LogP contribution is 2.28. The molecule has 0 saturated heterocycles. The fourth-order valence-electron chi connectivity index (χ4n) is 2.92. The van der Waals surface area contributed by atoms with E-state index in [-0.39, 0.29) is 5.41 Å². The van der Waals surface area contributed by atoms with Crippen LogP contribution in [0.3, 0.4) is 0 Å². The fraction of sp³-hybridized carbons (Fsp3) is 0.381. The first kappa shape index (κ1) is 19.8. The summed E-state index contributed by atoms with van der Waals surface area (Å²) in [5.41, 5.74) is 5.88. The lowest BCUT2D eigenvalue weighted by molar-refractivity contribution is 0.589. The van der Waals surface area contributed by atoms with Crippen LogP contribution in [0.1, 0.15) is 48.7 Å². The molecule has 1 atom stereocenters. The highest BCUT2D eigenvalue weighted by molar-refractivity contribution is 7.83. The van der Waals surface area contributed by atoms with Gasteiger partial charge >= 0.3 is 0 Å². The maximum absolute atomic E-state index is 12.8. The van der Waals surface area contributed by atoms with Gasteiger partial charge in [0.15, 0.2) is 10.8 Å². The number of hydrogen-bond donors (Lipinski definition) is 0. The fourth-order valence-corrected chi connectivity index (χ4v) is 5.14. The van der Waals surface area contributed by atoms with E-state index >= 15 is 0 Å². The zero-order valence-electron chi connectivity index (χ0n) is 16.4. The van der Waals surface area contributed by atoms with Crippen molar-refractivity contribution in [2.45, 2.75) is 51.5 Å². The molecule has 0 radical (unpaired) electrons. The Labute approximate surface area is 167 Å². The number of nitrogens with zero attached hydrogens (tertiary/aromatic N) is 3. The second kappa shape index (κ2) is 7.98. The van der Waals surface area contributed by atoms with Crippen molar-refractivity contribution in [2.75, 3.05) is 0 Å². The third-order valence-electron chi connectivity index (χ3n) is 4.49. The quantitative estimate of drug-likeness (QED) is 0.608. The molecule has 0 fully saturated rings.